The van der Waals surface area contributed by atoms with Gasteiger partial charge in [-0.05, 0) is 55.3 Å². The minimum absolute atomic E-state index is 0.0426. The molecule has 4 rings (SSSR count). The molecule has 0 bridgehead atoms. The van der Waals surface area contributed by atoms with Crippen molar-refractivity contribution in [1.82, 2.24) is 0 Å². The van der Waals surface area contributed by atoms with E-state index in [9.17, 15) is 19.5 Å². The highest BCUT2D eigenvalue weighted by Gasteiger charge is 2.47. The molecule has 8 heteroatoms. The van der Waals surface area contributed by atoms with E-state index in [1.165, 1.54) is 12.0 Å². The molecule has 1 atom stereocenters. The van der Waals surface area contributed by atoms with Gasteiger partial charge in [0.15, 0.2) is 0 Å². The molecule has 3 aromatic rings. The predicted octanol–water partition coefficient (Wildman–Crippen LogP) is 5.39. The lowest BCUT2D eigenvalue weighted by Gasteiger charge is -2.26. The number of carbonyl (C=O) groups is 3. The summed E-state index contributed by atoms with van der Waals surface area (Å²) in [5, 5.41) is 11.7. The van der Waals surface area contributed by atoms with Crippen LogP contribution in [0.5, 0.6) is 5.75 Å². The number of aliphatic hydroxyl groups excluding tert-OH is 1. The van der Waals surface area contributed by atoms with Crippen molar-refractivity contribution in [2.75, 3.05) is 18.6 Å². The monoisotopic (exact) mass is 519 g/mol. The molecule has 1 aliphatic heterocycles. The predicted molar refractivity (Wildman–Crippen MR) is 141 cm³/mol. The summed E-state index contributed by atoms with van der Waals surface area (Å²) in [6, 6.07) is 18.0. The van der Waals surface area contributed by atoms with Crippen molar-refractivity contribution in [1.29, 1.82) is 0 Å². The first-order valence-corrected chi connectivity index (χ1v) is 12.1. The van der Waals surface area contributed by atoms with Gasteiger partial charge in [0.2, 0.25) is 0 Å². The molecule has 0 aliphatic carbocycles. The van der Waals surface area contributed by atoms with Gasteiger partial charge in [-0.15, -0.1) is 0 Å². The number of ketones is 1. The molecule has 0 radical (unpaired) electrons. The number of ether oxygens (including phenoxy) is 2. The lowest BCUT2D eigenvalue weighted by atomic mass is 9.94. The van der Waals surface area contributed by atoms with Gasteiger partial charge in [0, 0.05) is 11.3 Å². The van der Waals surface area contributed by atoms with Gasteiger partial charge in [0.05, 0.1) is 36.8 Å². The Morgan fingerprint density at radius 1 is 1.05 bits per heavy atom. The van der Waals surface area contributed by atoms with E-state index in [0.717, 1.165) is 5.56 Å². The third-order valence-corrected chi connectivity index (χ3v) is 6.41. The summed E-state index contributed by atoms with van der Waals surface area (Å²) in [5.74, 6) is -1.94. The molecular formula is C29H26ClNO6. The van der Waals surface area contributed by atoms with E-state index in [0.29, 0.717) is 39.8 Å². The molecule has 1 amide bonds. The van der Waals surface area contributed by atoms with Crippen molar-refractivity contribution in [2.45, 2.75) is 26.3 Å². The fourth-order valence-electron chi connectivity index (χ4n) is 4.34. The normalized spacial score (nSPS) is 16.6. The van der Waals surface area contributed by atoms with E-state index in [1.807, 2.05) is 38.1 Å². The van der Waals surface area contributed by atoms with Crippen molar-refractivity contribution in [3.8, 4) is 5.75 Å². The number of benzene rings is 3. The average Bonchev–Trinajstić information content (AvgIpc) is 3.15. The molecule has 1 heterocycles. The minimum Gasteiger partial charge on any atom is -0.507 e. The summed E-state index contributed by atoms with van der Waals surface area (Å²) in [6.45, 7) is 4.08. The van der Waals surface area contributed by atoms with E-state index < -0.39 is 17.7 Å². The second kappa shape index (κ2) is 10.9. The molecule has 3 aromatic carbocycles. The van der Waals surface area contributed by atoms with Crippen LogP contribution in [0.25, 0.3) is 5.76 Å². The van der Waals surface area contributed by atoms with Crippen molar-refractivity contribution in [3.05, 3.63) is 99.6 Å². The summed E-state index contributed by atoms with van der Waals surface area (Å²) in [4.78, 5) is 39.7. The maximum Gasteiger partial charge on any atom is 0.309 e. The molecule has 1 fully saturated rings. The lowest BCUT2D eigenvalue weighted by Crippen LogP contribution is -2.29. The number of aryl methyl sites for hydroxylation is 1. The van der Waals surface area contributed by atoms with Gasteiger partial charge >= 0.3 is 5.97 Å². The maximum absolute atomic E-state index is 13.4. The molecular weight excluding hydrogens is 494 g/mol. The van der Waals surface area contributed by atoms with Gasteiger partial charge < -0.3 is 14.6 Å². The Morgan fingerprint density at radius 3 is 2.43 bits per heavy atom. The number of halogens is 1. The largest absolute Gasteiger partial charge is 0.507 e. The van der Waals surface area contributed by atoms with Crippen LogP contribution in [-0.4, -0.2) is 36.5 Å². The topological polar surface area (TPSA) is 93.1 Å². The zero-order valence-corrected chi connectivity index (χ0v) is 21.4. The molecule has 190 valence electrons. The van der Waals surface area contributed by atoms with Gasteiger partial charge in [0.25, 0.3) is 11.7 Å². The van der Waals surface area contributed by atoms with Crippen molar-refractivity contribution in [3.63, 3.8) is 0 Å². The number of nitrogens with zero attached hydrogens (tertiary/aromatic N) is 1. The smallest absolute Gasteiger partial charge is 0.309 e. The maximum atomic E-state index is 13.4. The standard InChI is InChI=1S/C29H26ClNO6/c1-4-37-23-16-20(10-13-22(23)30)27(33)25-26(19-7-5-6-17(2)14-19)31(29(35)28(25)34)21-11-8-18(9-12-21)15-24(32)36-3/h5-14,16,26,33H,4,15H2,1-3H3/b27-25-. The molecule has 0 saturated carbocycles. The fraction of sp³-hybridized carbons (Fsp3) is 0.207. The highest BCUT2D eigenvalue weighted by Crippen LogP contribution is 2.43. The Bertz CT molecular complexity index is 1400. The number of carbonyl (C=O) groups excluding carboxylic acids is 3. The second-order valence-electron chi connectivity index (χ2n) is 8.58. The van der Waals surface area contributed by atoms with Crippen LogP contribution in [0.4, 0.5) is 5.69 Å². The number of anilines is 1. The average molecular weight is 520 g/mol. The van der Waals surface area contributed by atoms with Gasteiger partial charge in [-0.25, -0.2) is 0 Å². The van der Waals surface area contributed by atoms with Crippen molar-refractivity contribution in [2.24, 2.45) is 0 Å². The van der Waals surface area contributed by atoms with E-state index in [2.05, 4.69) is 0 Å². The third-order valence-electron chi connectivity index (χ3n) is 6.10. The Morgan fingerprint density at radius 2 is 1.78 bits per heavy atom. The van der Waals surface area contributed by atoms with Crippen LogP contribution in [0, 0.1) is 6.92 Å². The zero-order valence-electron chi connectivity index (χ0n) is 20.7. The van der Waals surface area contributed by atoms with E-state index >= 15 is 0 Å². The van der Waals surface area contributed by atoms with E-state index in [-0.39, 0.29) is 23.7 Å². The number of rotatable bonds is 7. The summed E-state index contributed by atoms with van der Waals surface area (Å²) in [7, 11) is 1.32. The van der Waals surface area contributed by atoms with Crippen molar-refractivity contribution >= 4 is 40.7 Å². The first-order valence-electron chi connectivity index (χ1n) is 11.7. The minimum atomic E-state index is -0.877. The Kier molecular flexibility index (Phi) is 7.64. The van der Waals surface area contributed by atoms with Crippen LogP contribution in [-0.2, 0) is 25.5 Å². The number of esters is 1. The summed E-state index contributed by atoms with van der Waals surface area (Å²) in [5.41, 5.74) is 3.01. The molecule has 1 N–H and O–H groups in total. The number of hydrogen-bond acceptors (Lipinski definition) is 6. The molecule has 0 aromatic heterocycles. The molecule has 1 aliphatic rings. The second-order valence-corrected chi connectivity index (χ2v) is 8.99. The van der Waals surface area contributed by atoms with Crippen LogP contribution in [0.2, 0.25) is 5.02 Å². The van der Waals surface area contributed by atoms with Crippen LogP contribution >= 0.6 is 11.6 Å². The van der Waals surface area contributed by atoms with E-state index in [4.69, 9.17) is 21.1 Å². The van der Waals surface area contributed by atoms with Crippen LogP contribution in [0.3, 0.4) is 0 Å². The zero-order chi connectivity index (χ0) is 26.7. The van der Waals surface area contributed by atoms with Gasteiger partial charge in [0.1, 0.15) is 11.5 Å². The molecule has 1 saturated heterocycles. The van der Waals surface area contributed by atoms with Crippen LogP contribution < -0.4 is 9.64 Å². The number of methoxy groups -OCH3 is 1. The van der Waals surface area contributed by atoms with Crippen LogP contribution in [0.1, 0.15) is 35.2 Å². The molecule has 0 spiro atoms. The van der Waals surface area contributed by atoms with Gasteiger partial charge in [-0.3, -0.25) is 19.3 Å². The third kappa shape index (κ3) is 5.22. The van der Waals surface area contributed by atoms with E-state index in [1.54, 1.807) is 42.5 Å². The first-order chi connectivity index (χ1) is 17.7. The number of hydrogen-bond donors (Lipinski definition) is 1. The molecule has 7 nitrogen and oxygen atoms in total. The van der Waals surface area contributed by atoms with Crippen LogP contribution in [0.15, 0.2) is 72.3 Å². The quantitative estimate of drug-likeness (QED) is 0.195. The van der Waals surface area contributed by atoms with Gasteiger partial charge in [-0.1, -0.05) is 53.6 Å². The number of Topliss-reactive ketones (excluding diaryl/α,β-unsaturated/α-hetero) is 1. The SMILES string of the molecule is CCOc1cc(/C(O)=C2/C(=O)C(=O)N(c3ccc(CC(=O)OC)cc3)C2c2cccc(C)c2)ccc1Cl. The highest BCUT2D eigenvalue weighted by molar-refractivity contribution is 6.51. The lowest BCUT2D eigenvalue weighted by molar-refractivity contribution is -0.139. The highest BCUT2D eigenvalue weighted by atomic mass is 35.5. The Labute approximate surface area is 219 Å². The number of aliphatic hydroxyl groups is 1. The van der Waals surface area contributed by atoms with Gasteiger partial charge in [-0.2, -0.15) is 0 Å². The summed E-state index contributed by atoms with van der Waals surface area (Å²) >= 11 is 6.21. The Hall–Kier alpha value is -4.10. The molecule has 1 unspecified atom stereocenters. The summed E-state index contributed by atoms with van der Waals surface area (Å²) < 4.78 is 10.3. The summed E-state index contributed by atoms with van der Waals surface area (Å²) in [6.07, 6.45) is 0.0790. The fourth-order valence-corrected chi connectivity index (χ4v) is 4.51. The first kappa shape index (κ1) is 26.0. The Balaban J connectivity index is 1.86. The molecule has 37 heavy (non-hydrogen) atoms. The van der Waals surface area contributed by atoms with Crippen molar-refractivity contribution < 1.29 is 29.0 Å². The number of amides is 1.